The summed E-state index contributed by atoms with van der Waals surface area (Å²) in [5.41, 5.74) is 3.05. The van der Waals surface area contributed by atoms with Crippen molar-refractivity contribution in [3.05, 3.63) is 71.5 Å². The first kappa shape index (κ1) is 19.8. The smallest absolute Gasteiger partial charge is 0.287 e. The molecule has 1 amide bonds. The minimum Gasteiger partial charge on any atom is -0.451 e. The molecule has 1 saturated heterocycles. The lowest BCUT2D eigenvalue weighted by molar-refractivity contribution is 0.0915. The van der Waals surface area contributed by atoms with Gasteiger partial charge in [-0.2, -0.15) is 11.8 Å². The Hall–Kier alpha value is -1.95. The molecular weight excluding hydrogens is 380 g/mol. The molecule has 1 fully saturated rings. The van der Waals surface area contributed by atoms with Gasteiger partial charge >= 0.3 is 0 Å². The first-order valence-electron chi connectivity index (χ1n) is 8.92. The summed E-state index contributed by atoms with van der Waals surface area (Å²) in [6.07, 6.45) is 0. The first-order chi connectivity index (χ1) is 12.8. The van der Waals surface area contributed by atoms with Gasteiger partial charge in [0.05, 0.1) is 0 Å². The molecule has 0 unspecified atom stereocenters. The highest BCUT2D eigenvalue weighted by atomic mass is 35.5. The minimum atomic E-state index is -0.108. The van der Waals surface area contributed by atoms with E-state index in [1.807, 2.05) is 30.3 Å². The second-order valence-electron chi connectivity index (χ2n) is 6.62. The van der Waals surface area contributed by atoms with E-state index in [9.17, 15) is 4.79 Å². The van der Waals surface area contributed by atoms with Crippen LogP contribution in [-0.4, -0.2) is 25.5 Å². The number of nitrogens with one attached hydrogen (secondary N) is 2. The number of para-hydroxylation sites is 1. The Balaban J connectivity index is 0.00000210. The summed E-state index contributed by atoms with van der Waals surface area (Å²) in [5, 5.41) is 7.28. The average Bonchev–Trinajstić information content (AvgIpc) is 3.00. The lowest BCUT2D eigenvalue weighted by Gasteiger charge is -2.26. The largest absolute Gasteiger partial charge is 0.451 e. The summed E-state index contributed by atoms with van der Waals surface area (Å²) in [4.78, 5) is 12.7. The first-order valence-corrected chi connectivity index (χ1v) is 10.1. The molecule has 3 aromatic rings. The van der Waals surface area contributed by atoms with E-state index in [0.29, 0.717) is 18.2 Å². The summed E-state index contributed by atoms with van der Waals surface area (Å²) < 4.78 is 5.91. The molecule has 1 aromatic heterocycles. The highest BCUT2D eigenvalue weighted by molar-refractivity contribution is 7.97. The van der Waals surface area contributed by atoms with Crippen molar-refractivity contribution in [1.82, 2.24) is 10.6 Å². The van der Waals surface area contributed by atoms with Crippen LogP contribution in [0.3, 0.4) is 0 Å². The van der Waals surface area contributed by atoms with Gasteiger partial charge in [-0.1, -0.05) is 48.5 Å². The number of carbonyl (C=O) groups excluding carboxylic acids is 1. The van der Waals surface area contributed by atoms with Crippen LogP contribution in [0.1, 0.15) is 21.7 Å². The van der Waals surface area contributed by atoms with Crippen LogP contribution in [0, 0.1) is 5.92 Å². The summed E-state index contributed by atoms with van der Waals surface area (Å²) >= 11 is 1.80. The Morgan fingerprint density at radius 2 is 1.81 bits per heavy atom. The minimum absolute atomic E-state index is 0. The van der Waals surface area contributed by atoms with Gasteiger partial charge in [0.25, 0.3) is 5.91 Å². The maximum atomic E-state index is 12.7. The van der Waals surface area contributed by atoms with Crippen LogP contribution in [-0.2, 0) is 11.5 Å². The topological polar surface area (TPSA) is 54.3 Å². The van der Waals surface area contributed by atoms with E-state index in [4.69, 9.17) is 4.42 Å². The van der Waals surface area contributed by atoms with Crippen LogP contribution in [0.15, 0.2) is 59.0 Å². The molecule has 1 aliphatic heterocycles. The number of fused-ring (bicyclic) bond motifs is 1. The fraction of sp³-hybridized carbons (Fsp3) is 0.286. The van der Waals surface area contributed by atoms with Crippen molar-refractivity contribution in [2.45, 2.75) is 11.5 Å². The number of amides is 1. The van der Waals surface area contributed by atoms with Crippen molar-refractivity contribution in [2.24, 2.45) is 5.92 Å². The number of halogens is 1. The van der Waals surface area contributed by atoms with Gasteiger partial charge in [-0.15, -0.1) is 12.4 Å². The molecule has 142 valence electrons. The quantitative estimate of drug-likeness (QED) is 0.620. The molecule has 1 aliphatic rings. The van der Waals surface area contributed by atoms with E-state index in [1.165, 1.54) is 5.56 Å². The molecule has 0 saturated carbocycles. The zero-order chi connectivity index (χ0) is 17.8. The monoisotopic (exact) mass is 402 g/mol. The molecule has 2 heterocycles. The van der Waals surface area contributed by atoms with Crippen LogP contribution in [0.25, 0.3) is 11.0 Å². The van der Waals surface area contributed by atoms with Gasteiger partial charge in [0.2, 0.25) is 0 Å². The number of furan rings is 1. The maximum Gasteiger partial charge on any atom is 0.287 e. The Labute approximate surface area is 169 Å². The van der Waals surface area contributed by atoms with E-state index in [-0.39, 0.29) is 18.3 Å². The van der Waals surface area contributed by atoms with E-state index in [1.54, 1.807) is 11.8 Å². The van der Waals surface area contributed by atoms with Crippen molar-refractivity contribution in [3.63, 3.8) is 0 Å². The maximum absolute atomic E-state index is 12.7. The standard InChI is InChI=1S/C21H22N2O2S.ClH/c24-21(23-12-16-10-22-11-16)20-18(17-8-4-5-9-19(17)25-20)14-26-13-15-6-2-1-3-7-15;/h1-9,16,22H,10-14H2,(H,23,24);1H. The summed E-state index contributed by atoms with van der Waals surface area (Å²) in [5.74, 6) is 2.54. The fourth-order valence-corrected chi connectivity index (χ4v) is 4.10. The van der Waals surface area contributed by atoms with Crippen molar-refractivity contribution in [3.8, 4) is 0 Å². The van der Waals surface area contributed by atoms with Crippen LogP contribution < -0.4 is 10.6 Å². The van der Waals surface area contributed by atoms with Gasteiger partial charge in [-0.05, 0) is 11.6 Å². The molecule has 27 heavy (non-hydrogen) atoms. The molecular formula is C21H23ClN2O2S. The van der Waals surface area contributed by atoms with Crippen LogP contribution >= 0.6 is 24.2 Å². The zero-order valence-corrected chi connectivity index (χ0v) is 16.6. The van der Waals surface area contributed by atoms with Crippen LogP contribution in [0.5, 0.6) is 0 Å². The highest BCUT2D eigenvalue weighted by Crippen LogP contribution is 2.30. The predicted octanol–water partition coefficient (Wildman–Crippen LogP) is 4.24. The second kappa shape index (κ2) is 9.31. The van der Waals surface area contributed by atoms with E-state index in [2.05, 4.69) is 34.9 Å². The zero-order valence-electron chi connectivity index (χ0n) is 14.9. The van der Waals surface area contributed by atoms with E-state index < -0.39 is 0 Å². The lowest BCUT2D eigenvalue weighted by Crippen LogP contribution is -2.48. The molecule has 0 bridgehead atoms. The third-order valence-electron chi connectivity index (χ3n) is 4.68. The summed E-state index contributed by atoms with van der Waals surface area (Å²) in [6.45, 7) is 2.64. The van der Waals surface area contributed by atoms with Gasteiger partial charge < -0.3 is 15.1 Å². The van der Waals surface area contributed by atoms with Crippen molar-refractivity contribution < 1.29 is 9.21 Å². The molecule has 0 radical (unpaired) electrons. The molecule has 0 aliphatic carbocycles. The average molecular weight is 403 g/mol. The SMILES string of the molecule is Cl.O=C(NCC1CNC1)c1oc2ccccc2c1CSCc1ccccc1. The summed E-state index contributed by atoms with van der Waals surface area (Å²) in [7, 11) is 0. The molecule has 6 heteroatoms. The van der Waals surface area contributed by atoms with Gasteiger partial charge in [0.1, 0.15) is 5.58 Å². The number of rotatable bonds is 7. The van der Waals surface area contributed by atoms with Gasteiger partial charge in [0, 0.05) is 48.0 Å². The van der Waals surface area contributed by atoms with E-state index >= 15 is 0 Å². The molecule has 0 atom stereocenters. The van der Waals surface area contributed by atoms with Crippen LogP contribution in [0.2, 0.25) is 0 Å². The van der Waals surface area contributed by atoms with E-state index in [0.717, 1.165) is 41.1 Å². The fourth-order valence-electron chi connectivity index (χ4n) is 3.08. The Kier molecular flexibility index (Phi) is 6.83. The van der Waals surface area contributed by atoms with Crippen LogP contribution in [0.4, 0.5) is 0 Å². The molecule has 2 aromatic carbocycles. The molecule has 2 N–H and O–H groups in total. The Bertz CT molecular complexity index is 894. The number of hydrogen-bond acceptors (Lipinski definition) is 4. The Morgan fingerprint density at radius 1 is 1.07 bits per heavy atom. The van der Waals surface area contributed by atoms with Gasteiger partial charge in [-0.3, -0.25) is 4.79 Å². The molecule has 4 nitrogen and oxygen atoms in total. The third-order valence-corrected chi connectivity index (χ3v) is 5.71. The molecule has 4 rings (SSSR count). The molecule has 0 spiro atoms. The van der Waals surface area contributed by atoms with Gasteiger partial charge in [-0.25, -0.2) is 0 Å². The highest BCUT2D eigenvalue weighted by Gasteiger charge is 2.22. The third kappa shape index (κ3) is 4.67. The lowest BCUT2D eigenvalue weighted by atomic mass is 10.0. The van der Waals surface area contributed by atoms with Crippen molar-refractivity contribution in [1.29, 1.82) is 0 Å². The van der Waals surface area contributed by atoms with Crippen molar-refractivity contribution >= 4 is 41.0 Å². The normalized spacial score (nSPS) is 13.8. The number of hydrogen-bond donors (Lipinski definition) is 2. The Morgan fingerprint density at radius 3 is 2.56 bits per heavy atom. The second-order valence-corrected chi connectivity index (χ2v) is 7.60. The number of benzene rings is 2. The summed E-state index contributed by atoms with van der Waals surface area (Å²) in [6, 6.07) is 18.3. The number of thioether (sulfide) groups is 1. The van der Waals surface area contributed by atoms with Crippen molar-refractivity contribution in [2.75, 3.05) is 19.6 Å². The predicted molar refractivity (Wildman–Crippen MR) is 114 cm³/mol. The number of carbonyl (C=O) groups is 1. The van der Waals surface area contributed by atoms with Gasteiger partial charge in [0.15, 0.2) is 5.76 Å².